The minimum atomic E-state index is -4.28. The topological polar surface area (TPSA) is 166 Å². The molecule has 0 spiro atoms. The first-order chi connectivity index (χ1) is 17.8. The zero-order valence-corrected chi connectivity index (χ0v) is 22.5. The molecule has 3 rings (SSSR count). The Morgan fingerprint density at radius 2 is 1.79 bits per heavy atom. The van der Waals surface area contributed by atoms with Gasteiger partial charge in [-0.1, -0.05) is 44.5 Å². The lowest BCUT2D eigenvalue weighted by Gasteiger charge is -2.19. The maximum absolute atomic E-state index is 13.3. The summed E-state index contributed by atoms with van der Waals surface area (Å²) in [6.07, 6.45) is -1.76. The second kappa shape index (κ2) is 11.7. The fourth-order valence-electron chi connectivity index (χ4n) is 3.05. The van der Waals surface area contributed by atoms with Gasteiger partial charge in [0.05, 0.1) is 23.6 Å². The molecule has 38 heavy (non-hydrogen) atoms. The van der Waals surface area contributed by atoms with E-state index in [0.29, 0.717) is 5.75 Å². The number of aliphatic hydroxyl groups excluding tert-OH is 1. The number of ether oxygens (including phenoxy) is 4. The molecule has 14 heteroatoms. The van der Waals surface area contributed by atoms with Crippen molar-refractivity contribution in [2.24, 2.45) is 0 Å². The van der Waals surface area contributed by atoms with E-state index in [2.05, 4.69) is 19.4 Å². The highest BCUT2D eigenvalue weighted by Gasteiger charge is 2.26. The first kappa shape index (κ1) is 28.8. The van der Waals surface area contributed by atoms with E-state index in [1.165, 1.54) is 31.4 Å². The average molecular weight is 568 g/mol. The molecule has 12 nitrogen and oxygen atoms in total. The third-order valence-corrected chi connectivity index (χ3v) is 6.60. The van der Waals surface area contributed by atoms with Gasteiger partial charge in [-0.25, -0.2) is 13.2 Å². The van der Waals surface area contributed by atoms with E-state index in [4.69, 9.17) is 30.9 Å². The highest BCUT2D eigenvalue weighted by atomic mass is 35.5. The Bertz CT molecular complexity index is 1410. The smallest absolute Gasteiger partial charge is 0.497 e. The molecular formula is C24H26ClN3O9S. The molecule has 0 saturated heterocycles. The van der Waals surface area contributed by atoms with Gasteiger partial charge < -0.3 is 29.2 Å². The molecule has 0 saturated carbocycles. The Balaban J connectivity index is 2.14. The number of aliphatic hydroxyl groups is 1. The molecule has 0 aliphatic rings. The summed E-state index contributed by atoms with van der Waals surface area (Å²) in [7, 11) is -2.86. The van der Waals surface area contributed by atoms with E-state index in [9.17, 15) is 18.3 Å². The largest absolute Gasteiger partial charge is 0.513 e. The summed E-state index contributed by atoms with van der Waals surface area (Å²) in [5.74, 6) is -0.922. The van der Waals surface area contributed by atoms with Crippen molar-refractivity contribution in [2.45, 2.75) is 31.1 Å². The number of carboxylic acid groups (broad SMARTS) is 1. The van der Waals surface area contributed by atoms with Crippen LogP contribution in [0.1, 0.15) is 26.3 Å². The molecule has 0 unspecified atom stereocenters. The molecule has 0 bridgehead atoms. The van der Waals surface area contributed by atoms with Crippen LogP contribution in [0, 0.1) is 0 Å². The summed E-state index contributed by atoms with van der Waals surface area (Å²) >= 11 is 6.25. The van der Waals surface area contributed by atoms with Crippen LogP contribution in [0.4, 0.5) is 10.6 Å². The molecule has 1 heterocycles. The third kappa shape index (κ3) is 7.15. The molecule has 0 atom stereocenters. The van der Waals surface area contributed by atoms with Crippen molar-refractivity contribution in [3.63, 3.8) is 0 Å². The Hall–Kier alpha value is -3.81. The van der Waals surface area contributed by atoms with E-state index in [1.807, 2.05) is 20.8 Å². The van der Waals surface area contributed by atoms with Gasteiger partial charge in [0.1, 0.15) is 18.1 Å². The van der Waals surface area contributed by atoms with Crippen LogP contribution in [0.15, 0.2) is 47.4 Å². The number of nitrogens with one attached hydrogen (secondary N) is 1. The van der Waals surface area contributed by atoms with Gasteiger partial charge in [-0.15, -0.1) is 0 Å². The van der Waals surface area contributed by atoms with Gasteiger partial charge in [-0.05, 0) is 35.2 Å². The van der Waals surface area contributed by atoms with Gasteiger partial charge >= 0.3 is 12.2 Å². The molecule has 0 aliphatic carbocycles. The van der Waals surface area contributed by atoms with Gasteiger partial charge in [0.2, 0.25) is 5.75 Å². The van der Waals surface area contributed by atoms with Crippen molar-refractivity contribution < 1.29 is 42.4 Å². The van der Waals surface area contributed by atoms with Crippen LogP contribution in [0.5, 0.6) is 29.1 Å². The minimum absolute atomic E-state index is 0.0188. The van der Waals surface area contributed by atoms with E-state index >= 15 is 0 Å². The quantitative estimate of drug-likeness (QED) is 0.296. The second-order valence-corrected chi connectivity index (χ2v) is 10.8. The Labute approximate surface area is 224 Å². The predicted molar refractivity (Wildman–Crippen MR) is 137 cm³/mol. The number of nitrogens with zero attached hydrogens (tertiary/aromatic N) is 2. The highest BCUT2D eigenvalue weighted by molar-refractivity contribution is 7.92. The Morgan fingerprint density at radius 1 is 1.11 bits per heavy atom. The molecule has 0 fully saturated rings. The SMILES string of the molecule is COc1ccc(Cl)c(Oc2c(NS(=O)(=O)c3ccc(C(C)(C)C)cc3)nc(OC(=O)O)nc2OCCO)c1. The standard InChI is InChI=1S/C24H26ClN3O9S/c1-24(2,3)14-5-8-16(9-6-14)38(32,33)28-20-19(36-18-13-15(34-4)7-10-17(18)25)21(35-12-11-29)27-22(26-20)37-23(30)31/h5-10,13,29H,11-12H2,1-4H3,(H,30,31)(H,26,27,28). The summed E-state index contributed by atoms with van der Waals surface area (Å²) in [5, 5.41) is 18.4. The maximum atomic E-state index is 13.3. The molecule has 1 aromatic heterocycles. The average Bonchev–Trinajstić information content (AvgIpc) is 2.84. The predicted octanol–water partition coefficient (Wildman–Crippen LogP) is 4.46. The van der Waals surface area contributed by atoms with Crippen LogP contribution in [-0.4, -0.2) is 55.1 Å². The van der Waals surface area contributed by atoms with Crippen LogP contribution in [0.25, 0.3) is 0 Å². The van der Waals surface area contributed by atoms with Gasteiger partial charge in [0.15, 0.2) is 5.82 Å². The van der Waals surface area contributed by atoms with Crippen molar-refractivity contribution in [1.29, 1.82) is 0 Å². The molecule has 0 radical (unpaired) electrons. The maximum Gasteiger partial charge on any atom is 0.513 e. The molecule has 3 N–H and O–H groups in total. The lowest BCUT2D eigenvalue weighted by atomic mass is 9.87. The number of hydrogen-bond acceptors (Lipinski definition) is 10. The van der Waals surface area contributed by atoms with E-state index < -0.39 is 40.5 Å². The van der Waals surface area contributed by atoms with Crippen molar-refractivity contribution in [1.82, 2.24) is 9.97 Å². The minimum Gasteiger partial charge on any atom is -0.497 e. The van der Waals surface area contributed by atoms with Gasteiger partial charge in [0.25, 0.3) is 15.9 Å². The lowest BCUT2D eigenvalue weighted by Crippen LogP contribution is -2.18. The van der Waals surface area contributed by atoms with Crippen molar-refractivity contribution in [2.75, 3.05) is 25.0 Å². The summed E-state index contributed by atoms with van der Waals surface area (Å²) in [6, 6.07) is 9.91. The Morgan fingerprint density at radius 3 is 2.37 bits per heavy atom. The number of halogens is 1. The van der Waals surface area contributed by atoms with E-state index in [-0.39, 0.29) is 33.4 Å². The Kier molecular flexibility index (Phi) is 8.86. The van der Waals surface area contributed by atoms with Crippen molar-refractivity contribution >= 4 is 33.6 Å². The summed E-state index contributed by atoms with van der Waals surface area (Å²) in [5.41, 5.74) is 0.702. The fraction of sp³-hybridized carbons (Fsp3) is 0.292. The van der Waals surface area contributed by atoms with E-state index in [0.717, 1.165) is 5.56 Å². The summed E-state index contributed by atoms with van der Waals surface area (Å²) < 4.78 is 49.8. The number of rotatable bonds is 10. The molecule has 0 aliphatic heterocycles. The van der Waals surface area contributed by atoms with Gasteiger partial charge in [0, 0.05) is 6.07 Å². The van der Waals surface area contributed by atoms with Crippen molar-refractivity contribution in [3.05, 3.63) is 53.1 Å². The van der Waals surface area contributed by atoms with Crippen LogP contribution >= 0.6 is 11.6 Å². The normalized spacial score (nSPS) is 11.5. The third-order valence-electron chi connectivity index (χ3n) is 4.93. The first-order valence-electron chi connectivity index (χ1n) is 11.1. The zero-order chi connectivity index (χ0) is 28.1. The summed E-state index contributed by atoms with van der Waals surface area (Å²) in [6.45, 7) is 5.22. The van der Waals surface area contributed by atoms with Crippen molar-refractivity contribution in [3.8, 4) is 29.1 Å². The van der Waals surface area contributed by atoms with Crippen LogP contribution in [-0.2, 0) is 15.4 Å². The van der Waals surface area contributed by atoms with Crippen LogP contribution in [0.3, 0.4) is 0 Å². The monoisotopic (exact) mass is 567 g/mol. The lowest BCUT2D eigenvalue weighted by molar-refractivity contribution is 0.139. The first-order valence-corrected chi connectivity index (χ1v) is 12.9. The van der Waals surface area contributed by atoms with Gasteiger partial charge in [-0.3, -0.25) is 4.72 Å². The number of benzene rings is 2. The number of methoxy groups -OCH3 is 1. The summed E-state index contributed by atoms with van der Waals surface area (Å²) in [4.78, 5) is 18.7. The molecule has 0 amide bonds. The number of sulfonamides is 1. The van der Waals surface area contributed by atoms with Gasteiger partial charge in [-0.2, -0.15) is 9.97 Å². The zero-order valence-electron chi connectivity index (χ0n) is 20.9. The molecule has 2 aromatic carbocycles. The number of anilines is 1. The number of aromatic nitrogens is 2. The number of carbonyl (C=O) groups is 1. The van der Waals surface area contributed by atoms with E-state index in [1.54, 1.807) is 18.2 Å². The molecular weight excluding hydrogens is 542 g/mol. The molecule has 3 aromatic rings. The van der Waals surface area contributed by atoms with Crippen LogP contribution < -0.4 is 23.7 Å². The van der Waals surface area contributed by atoms with Crippen LogP contribution in [0.2, 0.25) is 5.02 Å². The second-order valence-electron chi connectivity index (χ2n) is 8.71. The molecule has 204 valence electrons. The number of hydrogen-bond donors (Lipinski definition) is 3. The fourth-order valence-corrected chi connectivity index (χ4v) is 4.22. The highest BCUT2D eigenvalue weighted by Crippen LogP contribution is 2.42.